The molecule has 0 fully saturated rings. The second-order valence-corrected chi connectivity index (χ2v) is 6.01. The summed E-state index contributed by atoms with van der Waals surface area (Å²) in [6.07, 6.45) is 0.835. The Bertz CT molecular complexity index is 667. The number of hydrogen-bond acceptors (Lipinski definition) is 2. The summed E-state index contributed by atoms with van der Waals surface area (Å²) in [5.74, 6) is 0.891. The molecule has 1 aliphatic rings. The van der Waals surface area contributed by atoms with E-state index in [9.17, 15) is 4.79 Å². The van der Waals surface area contributed by atoms with Crippen LogP contribution in [-0.4, -0.2) is 24.5 Å². The maximum atomic E-state index is 12.6. The fraction of sp³-hybridized carbons (Fsp3) is 0.235. The molecule has 0 unspecified atom stereocenters. The van der Waals surface area contributed by atoms with Crippen molar-refractivity contribution >= 4 is 21.8 Å². The first-order chi connectivity index (χ1) is 10.2. The summed E-state index contributed by atoms with van der Waals surface area (Å²) in [7, 11) is 1.65. The maximum Gasteiger partial charge on any atom is 0.254 e. The van der Waals surface area contributed by atoms with E-state index >= 15 is 0 Å². The first-order valence-corrected chi connectivity index (χ1v) is 7.68. The molecule has 1 amide bonds. The van der Waals surface area contributed by atoms with Crippen LogP contribution in [0.1, 0.15) is 21.5 Å². The quantitative estimate of drug-likeness (QED) is 0.849. The molecule has 1 heterocycles. The van der Waals surface area contributed by atoms with Gasteiger partial charge in [0.1, 0.15) is 5.75 Å². The first-order valence-electron chi connectivity index (χ1n) is 6.88. The van der Waals surface area contributed by atoms with Crippen molar-refractivity contribution in [3.8, 4) is 5.75 Å². The summed E-state index contributed by atoms with van der Waals surface area (Å²) < 4.78 is 6.40. The van der Waals surface area contributed by atoms with Crippen molar-refractivity contribution in [3.05, 3.63) is 63.6 Å². The van der Waals surface area contributed by atoms with Crippen LogP contribution in [0.4, 0.5) is 0 Å². The van der Waals surface area contributed by atoms with Crippen molar-refractivity contribution in [2.45, 2.75) is 13.0 Å². The number of nitrogens with zero attached hydrogens (tertiary/aromatic N) is 1. The average Bonchev–Trinajstić information content (AvgIpc) is 2.51. The summed E-state index contributed by atoms with van der Waals surface area (Å²) in [5, 5.41) is 0. The van der Waals surface area contributed by atoms with Gasteiger partial charge in [0, 0.05) is 28.7 Å². The molecule has 0 atom stereocenters. The van der Waals surface area contributed by atoms with E-state index in [2.05, 4.69) is 15.9 Å². The van der Waals surface area contributed by atoms with E-state index in [4.69, 9.17) is 4.74 Å². The van der Waals surface area contributed by atoms with Crippen LogP contribution in [0.25, 0.3) is 0 Å². The molecule has 1 aliphatic heterocycles. The smallest absolute Gasteiger partial charge is 0.254 e. The van der Waals surface area contributed by atoms with E-state index in [1.165, 1.54) is 0 Å². The van der Waals surface area contributed by atoms with Crippen molar-refractivity contribution in [2.24, 2.45) is 0 Å². The average molecular weight is 346 g/mol. The highest BCUT2D eigenvalue weighted by Crippen LogP contribution is 2.28. The van der Waals surface area contributed by atoms with Crippen molar-refractivity contribution < 1.29 is 9.53 Å². The molecule has 3 nitrogen and oxygen atoms in total. The summed E-state index contributed by atoms with van der Waals surface area (Å²) in [6.45, 7) is 1.37. The minimum atomic E-state index is 0.0815. The molecule has 4 heteroatoms. The molecule has 0 radical (unpaired) electrons. The lowest BCUT2D eigenvalue weighted by Crippen LogP contribution is -2.37. The van der Waals surface area contributed by atoms with Crippen LogP contribution in [0.3, 0.4) is 0 Å². The van der Waals surface area contributed by atoms with Crippen LogP contribution < -0.4 is 4.74 Å². The highest BCUT2D eigenvalue weighted by Gasteiger charge is 2.26. The Kier molecular flexibility index (Phi) is 3.97. The topological polar surface area (TPSA) is 29.5 Å². The van der Waals surface area contributed by atoms with Gasteiger partial charge >= 0.3 is 0 Å². The number of carbonyl (C=O) groups excluding carboxylic acids is 1. The number of rotatable bonds is 3. The van der Waals surface area contributed by atoms with E-state index in [-0.39, 0.29) is 5.91 Å². The number of ether oxygens (including phenoxy) is 1. The van der Waals surface area contributed by atoms with Crippen LogP contribution in [0.15, 0.2) is 46.9 Å². The van der Waals surface area contributed by atoms with E-state index < -0.39 is 0 Å². The molecule has 3 rings (SSSR count). The van der Waals surface area contributed by atoms with Gasteiger partial charge in [0.15, 0.2) is 0 Å². The molecule has 21 heavy (non-hydrogen) atoms. The molecule has 2 aromatic carbocycles. The van der Waals surface area contributed by atoms with Gasteiger partial charge in [-0.25, -0.2) is 0 Å². The Labute approximate surface area is 132 Å². The molecule has 0 N–H and O–H groups in total. The number of fused-ring (bicyclic) bond motifs is 1. The molecule has 0 spiro atoms. The van der Waals surface area contributed by atoms with Gasteiger partial charge in [0.25, 0.3) is 5.91 Å². The Morgan fingerprint density at radius 3 is 2.67 bits per heavy atom. The van der Waals surface area contributed by atoms with E-state index in [1.54, 1.807) is 7.11 Å². The third-order valence-corrected chi connectivity index (χ3v) is 4.32. The number of amides is 1. The Morgan fingerprint density at radius 2 is 1.95 bits per heavy atom. The SMILES string of the molecule is COc1cccc2c1CCN(Cc1ccc(Br)cc1)C2=O. The molecule has 2 aromatic rings. The molecule has 108 valence electrons. The summed E-state index contributed by atoms with van der Waals surface area (Å²) in [6, 6.07) is 13.8. The van der Waals surface area contributed by atoms with Crippen LogP contribution in [0.2, 0.25) is 0 Å². The number of methoxy groups -OCH3 is 1. The number of hydrogen-bond donors (Lipinski definition) is 0. The van der Waals surface area contributed by atoms with Crippen LogP contribution in [0, 0.1) is 0 Å². The van der Waals surface area contributed by atoms with Gasteiger partial charge in [-0.2, -0.15) is 0 Å². The monoisotopic (exact) mass is 345 g/mol. The lowest BCUT2D eigenvalue weighted by Gasteiger charge is -2.29. The van der Waals surface area contributed by atoms with Crippen molar-refractivity contribution in [2.75, 3.05) is 13.7 Å². The molecule has 0 saturated heterocycles. The summed E-state index contributed by atoms with van der Waals surface area (Å²) in [5.41, 5.74) is 2.92. The Balaban J connectivity index is 1.84. The van der Waals surface area contributed by atoms with Crippen molar-refractivity contribution in [1.29, 1.82) is 0 Å². The van der Waals surface area contributed by atoms with Crippen LogP contribution in [-0.2, 0) is 13.0 Å². The largest absolute Gasteiger partial charge is 0.496 e. The van der Waals surface area contributed by atoms with Gasteiger partial charge in [0.2, 0.25) is 0 Å². The van der Waals surface area contributed by atoms with Crippen molar-refractivity contribution in [3.63, 3.8) is 0 Å². The number of carbonyl (C=O) groups is 1. The lowest BCUT2D eigenvalue weighted by atomic mass is 9.97. The summed E-state index contributed by atoms with van der Waals surface area (Å²) in [4.78, 5) is 14.5. The highest BCUT2D eigenvalue weighted by molar-refractivity contribution is 9.10. The van der Waals surface area contributed by atoms with Gasteiger partial charge in [-0.15, -0.1) is 0 Å². The Morgan fingerprint density at radius 1 is 1.19 bits per heavy atom. The third kappa shape index (κ3) is 2.81. The third-order valence-electron chi connectivity index (χ3n) is 3.79. The molecular formula is C17H16BrNO2. The zero-order valence-electron chi connectivity index (χ0n) is 11.8. The second kappa shape index (κ2) is 5.90. The second-order valence-electron chi connectivity index (χ2n) is 5.09. The van der Waals surface area contributed by atoms with Crippen molar-refractivity contribution in [1.82, 2.24) is 4.90 Å². The lowest BCUT2D eigenvalue weighted by molar-refractivity contribution is 0.0725. The van der Waals surface area contributed by atoms with Gasteiger partial charge in [-0.05, 0) is 36.2 Å². The zero-order valence-corrected chi connectivity index (χ0v) is 13.4. The molecule has 0 aromatic heterocycles. The van der Waals surface area contributed by atoms with Gasteiger partial charge in [0.05, 0.1) is 7.11 Å². The van der Waals surface area contributed by atoms with E-state index in [0.717, 1.165) is 39.9 Å². The molecule has 0 saturated carbocycles. The summed E-state index contributed by atoms with van der Waals surface area (Å²) >= 11 is 3.43. The van der Waals surface area contributed by atoms with Gasteiger partial charge in [-0.3, -0.25) is 4.79 Å². The van der Waals surface area contributed by atoms with Gasteiger partial charge in [-0.1, -0.05) is 34.1 Å². The van der Waals surface area contributed by atoms with E-state index in [1.807, 2.05) is 47.4 Å². The maximum absolute atomic E-state index is 12.6. The fourth-order valence-electron chi connectivity index (χ4n) is 2.69. The van der Waals surface area contributed by atoms with E-state index in [0.29, 0.717) is 6.54 Å². The van der Waals surface area contributed by atoms with Gasteiger partial charge < -0.3 is 9.64 Å². The first kappa shape index (κ1) is 14.1. The highest BCUT2D eigenvalue weighted by atomic mass is 79.9. The van der Waals surface area contributed by atoms with Crippen LogP contribution in [0.5, 0.6) is 5.75 Å². The number of halogens is 1. The zero-order chi connectivity index (χ0) is 14.8. The molecule has 0 bridgehead atoms. The minimum absolute atomic E-state index is 0.0815. The Hall–Kier alpha value is -1.81. The predicted octanol–water partition coefficient (Wildman–Crippen LogP) is 3.66. The number of benzene rings is 2. The fourth-order valence-corrected chi connectivity index (χ4v) is 2.96. The minimum Gasteiger partial charge on any atom is -0.496 e. The molecular weight excluding hydrogens is 330 g/mol. The normalized spacial score (nSPS) is 14.0. The van der Waals surface area contributed by atoms with Crippen LogP contribution >= 0.6 is 15.9 Å². The standard InChI is InChI=1S/C17H16BrNO2/c1-21-16-4-2-3-15-14(16)9-10-19(17(15)20)11-12-5-7-13(18)8-6-12/h2-8H,9-11H2,1H3. The molecule has 0 aliphatic carbocycles. The predicted molar refractivity (Wildman–Crippen MR) is 85.6 cm³/mol.